The summed E-state index contributed by atoms with van der Waals surface area (Å²) in [5, 5.41) is 23.8. The smallest absolute Gasteiger partial charge is 0.409 e. The van der Waals surface area contributed by atoms with E-state index in [4.69, 9.17) is 28.3 Å². The number of amides is 1. The van der Waals surface area contributed by atoms with Crippen molar-refractivity contribution in [2.75, 3.05) is 10.6 Å². The maximum Gasteiger partial charge on any atom is 0.409 e. The summed E-state index contributed by atoms with van der Waals surface area (Å²) in [5.41, 5.74) is 0.963. The van der Waals surface area contributed by atoms with Crippen LogP contribution in [0, 0.1) is 5.82 Å². The fourth-order valence-corrected chi connectivity index (χ4v) is 4.60. The summed E-state index contributed by atoms with van der Waals surface area (Å²) >= 11 is 13.7. The highest BCUT2D eigenvalue weighted by atomic mass is 35.5. The Hall–Kier alpha value is -3.12. The van der Waals surface area contributed by atoms with Gasteiger partial charge >= 0.3 is 6.09 Å². The molecule has 0 aliphatic carbocycles. The maximum atomic E-state index is 14.4. The molecule has 31 heavy (non-hydrogen) atoms. The standard InChI is InChI=1S/C18H11Cl2FN6O3S/c19-9-1-7(25-18(29)30)2-10(20)13(9)17-27-14-11(21)4-22-16(15(14)31-17)26-12-3-8(5-28)23-6-24-12/h1-4,6,25,28H,5H2,(H,29,30)(H,22,23,24,26). The number of nitrogens with one attached hydrogen (secondary N) is 2. The first-order valence-corrected chi connectivity index (χ1v) is 10.1. The maximum absolute atomic E-state index is 14.4. The van der Waals surface area contributed by atoms with Gasteiger partial charge in [-0.2, -0.15) is 0 Å². The molecule has 1 amide bonds. The molecule has 0 fully saturated rings. The molecule has 0 saturated heterocycles. The van der Waals surface area contributed by atoms with E-state index in [0.29, 0.717) is 32.6 Å². The number of fused-ring (bicyclic) bond motifs is 1. The van der Waals surface area contributed by atoms with Crippen molar-refractivity contribution in [1.82, 2.24) is 19.9 Å². The van der Waals surface area contributed by atoms with Crippen molar-refractivity contribution < 1.29 is 19.4 Å². The summed E-state index contributed by atoms with van der Waals surface area (Å²) in [6.45, 7) is -0.266. The van der Waals surface area contributed by atoms with E-state index in [1.54, 1.807) is 0 Å². The molecular weight excluding hydrogens is 470 g/mol. The lowest BCUT2D eigenvalue weighted by molar-refractivity contribution is 0.209. The zero-order valence-electron chi connectivity index (χ0n) is 15.2. The lowest BCUT2D eigenvalue weighted by Gasteiger charge is -2.07. The van der Waals surface area contributed by atoms with Crippen LogP contribution in [0.25, 0.3) is 20.8 Å². The van der Waals surface area contributed by atoms with Gasteiger partial charge in [-0.25, -0.2) is 29.1 Å². The van der Waals surface area contributed by atoms with Crippen LogP contribution in [0.2, 0.25) is 10.0 Å². The number of benzene rings is 1. The van der Waals surface area contributed by atoms with Crippen LogP contribution in [0.15, 0.2) is 30.7 Å². The van der Waals surface area contributed by atoms with E-state index in [1.807, 2.05) is 0 Å². The topological polar surface area (TPSA) is 133 Å². The Kier molecular flexibility index (Phi) is 5.83. The van der Waals surface area contributed by atoms with Gasteiger partial charge in [-0.1, -0.05) is 23.2 Å². The van der Waals surface area contributed by atoms with Crippen molar-refractivity contribution in [3.8, 4) is 10.6 Å². The van der Waals surface area contributed by atoms with Gasteiger partial charge in [-0.15, -0.1) is 11.3 Å². The number of anilines is 3. The molecule has 3 heterocycles. The Morgan fingerprint density at radius 2 is 1.90 bits per heavy atom. The van der Waals surface area contributed by atoms with Gasteiger partial charge in [0.1, 0.15) is 27.4 Å². The van der Waals surface area contributed by atoms with E-state index < -0.39 is 11.9 Å². The number of halogens is 3. The fraction of sp³-hybridized carbons (Fsp3) is 0.0556. The molecule has 3 aromatic heterocycles. The minimum atomic E-state index is -1.27. The molecule has 0 atom stereocenters. The quantitative estimate of drug-likeness (QED) is 0.316. The summed E-state index contributed by atoms with van der Waals surface area (Å²) in [5.74, 6) is 0.00640. The van der Waals surface area contributed by atoms with E-state index in [-0.39, 0.29) is 27.9 Å². The summed E-state index contributed by atoms with van der Waals surface area (Å²) < 4.78 is 14.8. The molecule has 4 rings (SSSR count). The van der Waals surface area contributed by atoms with E-state index in [9.17, 15) is 14.3 Å². The molecule has 4 aromatic rings. The number of hydrogen-bond donors (Lipinski definition) is 4. The molecular formula is C18H11Cl2FN6O3S. The Bertz CT molecular complexity index is 1300. The van der Waals surface area contributed by atoms with Crippen LogP contribution >= 0.6 is 34.5 Å². The zero-order valence-corrected chi connectivity index (χ0v) is 17.6. The van der Waals surface area contributed by atoms with Crippen molar-refractivity contribution in [3.63, 3.8) is 0 Å². The monoisotopic (exact) mass is 480 g/mol. The van der Waals surface area contributed by atoms with Gasteiger partial charge in [0.05, 0.1) is 28.5 Å². The van der Waals surface area contributed by atoms with Crippen molar-refractivity contribution in [1.29, 1.82) is 0 Å². The number of carbonyl (C=O) groups is 1. The summed E-state index contributed by atoms with van der Waals surface area (Å²) in [7, 11) is 0. The minimum Gasteiger partial charge on any atom is -0.465 e. The molecule has 0 saturated carbocycles. The van der Waals surface area contributed by atoms with E-state index in [0.717, 1.165) is 17.5 Å². The predicted octanol–water partition coefficient (Wildman–Crippen LogP) is 4.92. The Morgan fingerprint density at radius 1 is 1.16 bits per heavy atom. The summed E-state index contributed by atoms with van der Waals surface area (Å²) in [6, 6.07) is 4.29. The third-order valence-electron chi connectivity index (χ3n) is 4.01. The highest BCUT2D eigenvalue weighted by Gasteiger charge is 2.20. The number of rotatable bonds is 5. The molecule has 0 spiro atoms. The van der Waals surface area contributed by atoms with Crippen LogP contribution in [0.1, 0.15) is 5.69 Å². The molecule has 0 bridgehead atoms. The van der Waals surface area contributed by atoms with E-state index in [2.05, 4.69) is 30.6 Å². The zero-order chi connectivity index (χ0) is 22.1. The number of nitrogens with zero attached hydrogens (tertiary/aromatic N) is 4. The number of carboxylic acid groups (broad SMARTS) is 1. The largest absolute Gasteiger partial charge is 0.465 e. The lowest BCUT2D eigenvalue weighted by Crippen LogP contribution is -2.07. The average Bonchev–Trinajstić information content (AvgIpc) is 3.15. The Labute approximate surface area is 187 Å². The van der Waals surface area contributed by atoms with Gasteiger partial charge in [-0.3, -0.25) is 5.32 Å². The molecule has 0 unspecified atom stereocenters. The van der Waals surface area contributed by atoms with Gasteiger partial charge in [0.15, 0.2) is 11.6 Å². The number of pyridine rings is 1. The number of thiazole rings is 1. The molecule has 0 aliphatic heterocycles. The molecule has 0 aliphatic rings. The second-order valence-corrected chi connectivity index (χ2v) is 7.89. The van der Waals surface area contributed by atoms with Crippen LogP contribution in [0.3, 0.4) is 0 Å². The average molecular weight is 481 g/mol. The highest BCUT2D eigenvalue weighted by Crippen LogP contribution is 2.42. The van der Waals surface area contributed by atoms with Crippen molar-refractivity contribution in [3.05, 3.63) is 52.3 Å². The van der Waals surface area contributed by atoms with Crippen LogP contribution in [0.4, 0.5) is 26.5 Å². The second kappa shape index (κ2) is 8.55. The first kappa shape index (κ1) is 21.1. The van der Waals surface area contributed by atoms with Crippen molar-refractivity contribution in [2.24, 2.45) is 0 Å². The van der Waals surface area contributed by atoms with E-state index >= 15 is 0 Å². The minimum absolute atomic E-state index is 0.0498. The van der Waals surface area contributed by atoms with Crippen LogP contribution in [0.5, 0.6) is 0 Å². The third-order valence-corrected chi connectivity index (χ3v) is 5.69. The van der Waals surface area contributed by atoms with Crippen molar-refractivity contribution >= 4 is 68.2 Å². The first-order chi connectivity index (χ1) is 14.9. The predicted molar refractivity (Wildman–Crippen MR) is 116 cm³/mol. The Morgan fingerprint density at radius 3 is 2.58 bits per heavy atom. The number of aromatic nitrogens is 4. The van der Waals surface area contributed by atoms with Crippen LogP contribution in [-0.4, -0.2) is 36.2 Å². The number of aliphatic hydroxyl groups excluding tert-OH is 1. The molecule has 1 aromatic carbocycles. The van der Waals surface area contributed by atoms with Gasteiger partial charge in [0.2, 0.25) is 0 Å². The molecule has 4 N–H and O–H groups in total. The van der Waals surface area contributed by atoms with Crippen molar-refractivity contribution in [2.45, 2.75) is 6.61 Å². The van der Waals surface area contributed by atoms with Gasteiger partial charge in [-0.05, 0) is 12.1 Å². The van der Waals surface area contributed by atoms with Gasteiger partial charge in [0, 0.05) is 17.3 Å². The van der Waals surface area contributed by atoms with Crippen LogP contribution in [-0.2, 0) is 6.61 Å². The van der Waals surface area contributed by atoms with Gasteiger partial charge < -0.3 is 15.5 Å². The molecule has 158 valence electrons. The lowest BCUT2D eigenvalue weighted by atomic mass is 10.2. The fourth-order valence-electron chi connectivity index (χ4n) is 2.73. The normalized spacial score (nSPS) is 11.0. The summed E-state index contributed by atoms with van der Waals surface area (Å²) in [6.07, 6.45) is 1.03. The Balaban J connectivity index is 1.79. The SMILES string of the molecule is O=C(O)Nc1cc(Cl)c(-c2nc3c(F)cnc(Nc4cc(CO)ncn4)c3s2)c(Cl)c1. The number of hydrogen-bond acceptors (Lipinski definition) is 8. The second-order valence-electron chi connectivity index (χ2n) is 6.07. The highest BCUT2D eigenvalue weighted by molar-refractivity contribution is 7.22. The van der Waals surface area contributed by atoms with E-state index in [1.165, 1.54) is 24.5 Å². The molecule has 13 heteroatoms. The van der Waals surface area contributed by atoms with Crippen LogP contribution < -0.4 is 10.6 Å². The summed E-state index contributed by atoms with van der Waals surface area (Å²) in [4.78, 5) is 27.2. The first-order valence-electron chi connectivity index (χ1n) is 8.49. The van der Waals surface area contributed by atoms with Gasteiger partial charge in [0.25, 0.3) is 0 Å². The number of aliphatic hydroxyl groups is 1. The molecule has 9 nitrogen and oxygen atoms in total. The molecule has 0 radical (unpaired) electrons. The third kappa shape index (κ3) is 4.35.